The highest BCUT2D eigenvalue weighted by molar-refractivity contribution is 6.30. The molecule has 0 spiro atoms. The number of primary amides is 1. The molecule has 0 heterocycles. The summed E-state index contributed by atoms with van der Waals surface area (Å²) in [4.78, 5) is 10.7. The van der Waals surface area contributed by atoms with Gasteiger partial charge in [0.25, 0.3) is 0 Å². The number of carbonyl (C=O) groups excluding carboxylic acids is 1. The summed E-state index contributed by atoms with van der Waals surface area (Å²) in [6.45, 7) is 1.70. The zero-order chi connectivity index (χ0) is 9.84. The van der Waals surface area contributed by atoms with E-state index in [2.05, 4.69) is 5.32 Å². The maximum absolute atomic E-state index is 10.7. The smallest absolute Gasteiger partial charge is 0.239 e. The molecule has 0 aromatic heterocycles. The number of halogens is 1. The predicted molar refractivity (Wildman–Crippen MR) is 53.7 cm³/mol. The zero-order valence-corrected chi connectivity index (χ0v) is 8.01. The van der Waals surface area contributed by atoms with Gasteiger partial charge in [-0.1, -0.05) is 17.7 Å². The minimum Gasteiger partial charge on any atom is -0.374 e. The van der Waals surface area contributed by atoms with Gasteiger partial charge in [-0.25, -0.2) is 0 Å². The van der Waals surface area contributed by atoms with Crippen molar-refractivity contribution in [1.29, 1.82) is 0 Å². The van der Waals surface area contributed by atoms with E-state index >= 15 is 0 Å². The van der Waals surface area contributed by atoms with E-state index in [1.807, 2.05) is 6.07 Å². The molecule has 13 heavy (non-hydrogen) atoms. The lowest BCUT2D eigenvalue weighted by molar-refractivity contribution is -0.118. The summed E-state index contributed by atoms with van der Waals surface area (Å²) in [6, 6.07) is 6.74. The van der Waals surface area contributed by atoms with E-state index in [0.717, 1.165) is 5.69 Å². The molecule has 4 heteroatoms. The van der Waals surface area contributed by atoms with Gasteiger partial charge in [0.05, 0.1) is 0 Å². The van der Waals surface area contributed by atoms with Gasteiger partial charge in [0.15, 0.2) is 0 Å². The van der Waals surface area contributed by atoms with E-state index in [4.69, 9.17) is 17.3 Å². The Balaban J connectivity index is 2.69. The van der Waals surface area contributed by atoms with Gasteiger partial charge in [0, 0.05) is 10.7 Å². The van der Waals surface area contributed by atoms with E-state index < -0.39 is 6.04 Å². The Morgan fingerprint density at radius 3 is 2.85 bits per heavy atom. The Hall–Kier alpha value is -1.22. The SMILES string of the molecule is CC(Nc1cccc(Cl)c1)C(N)=O. The first-order chi connectivity index (χ1) is 6.09. The first-order valence-electron chi connectivity index (χ1n) is 3.91. The first kappa shape index (κ1) is 9.86. The number of amides is 1. The molecular formula is C9H11ClN2O. The van der Waals surface area contributed by atoms with Crippen LogP contribution in [0.25, 0.3) is 0 Å². The number of anilines is 1. The molecule has 3 N–H and O–H groups in total. The molecule has 1 rings (SSSR count). The molecule has 0 aliphatic rings. The van der Waals surface area contributed by atoms with Gasteiger partial charge in [0.1, 0.15) is 6.04 Å². The fourth-order valence-corrected chi connectivity index (χ4v) is 1.09. The fourth-order valence-electron chi connectivity index (χ4n) is 0.899. The van der Waals surface area contributed by atoms with E-state index in [1.165, 1.54) is 0 Å². The highest BCUT2D eigenvalue weighted by Crippen LogP contribution is 2.15. The third kappa shape index (κ3) is 2.95. The van der Waals surface area contributed by atoms with Crippen molar-refractivity contribution in [3.8, 4) is 0 Å². The average molecular weight is 199 g/mol. The van der Waals surface area contributed by atoms with Crippen LogP contribution in [0.2, 0.25) is 5.02 Å². The summed E-state index contributed by atoms with van der Waals surface area (Å²) in [5.74, 6) is -0.389. The highest BCUT2D eigenvalue weighted by atomic mass is 35.5. The Labute approximate surface area is 81.9 Å². The molecule has 0 saturated heterocycles. The molecule has 0 bridgehead atoms. The topological polar surface area (TPSA) is 55.1 Å². The third-order valence-corrected chi connectivity index (χ3v) is 1.87. The second-order valence-electron chi connectivity index (χ2n) is 2.78. The number of hydrogen-bond acceptors (Lipinski definition) is 2. The van der Waals surface area contributed by atoms with E-state index in [1.54, 1.807) is 25.1 Å². The minimum absolute atomic E-state index is 0.389. The van der Waals surface area contributed by atoms with Crippen molar-refractivity contribution in [3.05, 3.63) is 29.3 Å². The second kappa shape index (κ2) is 4.14. The van der Waals surface area contributed by atoms with Gasteiger partial charge < -0.3 is 11.1 Å². The first-order valence-corrected chi connectivity index (χ1v) is 4.29. The van der Waals surface area contributed by atoms with Crippen LogP contribution in [-0.2, 0) is 4.79 Å². The van der Waals surface area contributed by atoms with Crippen LogP contribution < -0.4 is 11.1 Å². The molecule has 1 aromatic carbocycles. The number of nitrogens with one attached hydrogen (secondary N) is 1. The van der Waals surface area contributed by atoms with E-state index in [9.17, 15) is 4.79 Å². The lowest BCUT2D eigenvalue weighted by atomic mass is 10.2. The number of carbonyl (C=O) groups is 1. The van der Waals surface area contributed by atoms with Crippen molar-refractivity contribution in [3.63, 3.8) is 0 Å². The van der Waals surface area contributed by atoms with Crippen LogP contribution in [0.3, 0.4) is 0 Å². The molecule has 0 fully saturated rings. The lowest BCUT2D eigenvalue weighted by Crippen LogP contribution is -2.32. The summed E-state index contributed by atoms with van der Waals surface area (Å²) in [5, 5.41) is 3.55. The molecule has 3 nitrogen and oxygen atoms in total. The summed E-state index contributed by atoms with van der Waals surface area (Å²) >= 11 is 5.75. The molecule has 1 amide bonds. The molecule has 70 valence electrons. The van der Waals surface area contributed by atoms with Crippen LogP contribution >= 0.6 is 11.6 Å². The molecule has 0 aliphatic carbocycles. The molecule has 1 aromatic rings. The predicted octanol–water partition coefficient (Wildman–Crippen LogP) is 1.63. The largest absolute Gasteiger partial charge is 0.374 e. The fraction of sp³-hybridized carbons (Fsp3) is 0.222. The number of hydrogen-bond donors (Lipinski definition) is 2. The standard InChI is InChI=1S/C9H11ClN2O/c1-6(9(11)13)12-8-4-2-3-7(10)5-8/h2-6,12H,1H3,(H2,11,13). The van der Waals surface area contributed by atoms with Gasteiger partial charge in [0.2, 0.25) is 5.91 Å². The van der Waals surface area contributed by atoms with Gasteiger partial charge in [-0.05, 0) is 25.1 Å². The van der Waals surface area contributed by atoms with Crippen molar-refractivity contribution in [1.82, 2.24) is 0 Å². The van der Waals surface area contributed by atoms with Crippen molar-refractivity contribution in [2.75, 3.05) is 5.32 Å². The van der Waals surface area contributed by atoms with Crippen LogP contribution in [0.4, 0.5) is 5.69 Å². The number of rotatable bonds is 3. The van der Waals surface area contributed by atoms with E-state index in [-0.39, 0.29) is 5.91 Å². The molecule has 0 aliphatic heterocycles. The Morgan fingerprint density at radius 1 is 1.62 bits per heavy atom. The zero-order valence-electron chi connectivity index (χ0n) is 7.25. The summed E-state index contributed by atoms with van der Waals surface area (Å²) in [6.07, 6.45) is 0. The monoisotopic (exact) mass is 198 g/mol. The van der Waals surface area contributed by atoms with Gasteiger partial charge in [-0.15, -0.1) is 0 Å². The van der Waals surface area contributed by atoms with Gasteiger partial charge in [-0.2, -0.15) is 0 Å². The Kier molecular flexibility index (Phi) is 3.14. The number of nitrogens with two attached hydrogens (primary N) is 1. The van der Waals surface area contributed by atoms with Gasteiger partial charge in [-0.3, -0.25) is 4.79 Å². The van der Waals surface area contributed by atoms with Crippen LogP contribution in [0.15, 0.2) is 24.3 Å². The average Bonchev–Trinajstić information content (AvgIpc) is 2.04. The molecular weight excluding hydrogens is 188 g/mol. The Bertz CT molecular complexity index is 314. The minimum atomic E-state index is -0.390. The lowest BCUT2D eigenvalue weighted by Gasteiger charge is -2.11. The van der Waals surface area contributed by atoms with Gasteiger partial charge >= 0.3 is 0 Å². The Morgan fingerprint density at radius 2 is 2.31 bits per heavy atom. The summed E-state index contributed by atoms with van der Waals surface area (Å²) in [5.41, 5.74) is 5.88. The van der Waals surface area contributed by atoms with Crippen molar-refractivity contribution in [2.45, 2.75) is 13.0 Å². The van der Waals surface area contributed by atoms with Crippen molar-refractivity contribution >= 4 is 23.2 Å². The van der Waals surface area contributed by atoms with Crippen molar-refractivity contribution in [2.24, 2.45) is 5.73 Å². The normalized spacial score (nSPS) is 12.2. The number of benzene rings is 1. The third-order valence-electron chi connectivity index (χ3n) is 1.63. The summed E-state index contributed by atoms with van der Waals surface area (Å²) < 4.78 is 0. The van der Waals surface area contributed by atoms with E-state index in [0.29, 0.717) is 5.02 Å². The van der Waals surface area contributed by atoms with Crippen LogP contribution in [0, 0.1) is 0 Å². The van der Waals surface area contributed by atoms with Crippen molar-refractivity contribution < 1.29 is 4.79 Å². The quantitative estimate of drug-likeness (QED) is 0.776. The molecule has 1 atom stereocenters. The molecule has 0 radical (unpaired) electrons. The summed E-state index contributed by atoms with van der Waals surface area (Å²) in [7, 11) is 0. The maximum atomic E-state index is 10.7. The van der Waals surface area contributed by atoms with Crippen LogP contribution in [0.1, 0.15) is 6.92 Å². The highest BCUT2D eigenvalue weighted by Gasteiger charge is 2.07. The molecule has 1 unspecified atom stereocenters. The van der Waals surface area contributed by atoms with Crippen LogP contribution in [0.5, 0.6) is 0 Å². The van der Waals surface area contributed by atoms with Crippen LogP contribution in [-0.4, -0.2) is 11.9 Å². The second-order valence-corrected chi connectivity index (χ2v) is 3.22. The molecule has 0 saturated carbocycles. The maximum Gasteiger partial charge on any atom is 0.239 e.